The van der Waals surface area contributed by atoms with E-state index in [0.717, 1.165) is 11.4 Å². The van der Waals surface area contributed by atoms with Gasteiger partial charge in [0.25, 0.3) is 0 Å². The summed E-state index contributed by atoms with van der Waals surface area (Å²) >= 11 is 1.36. The lowest BCUT2D eigenvalue weighted by Crippen LogP contribution is -2.36. The topological polar surface area (TPSA) is 69.0 Å². The Kier molecular flexibility index (Phi) is 5.43. The second kappa shape index (κ2) is 7.31. The molecule has 2 rings (SSSR count). The number of para-hydroxylation sites is 2. The van der Waals surface area contributed by atoms with E-state index in [9.17, 15) is 4.79 Å². The van der Waals surface area contributed by atoms with E-state index in [4.69, 9.17) is 4.74 Å². The third-order valence-electron chi connectivity index (χ3n) is 2.94. The summed E-state index contributed by atoms with van der Waals surface area (Å²) in [5, 5.41) is 11.3. The van der Waals surface area contributed by atoms with E-state index in [2.05, 4.69) is 15.5 Å². The van der Waals surface area contributed by atoms with Crippen LogP contribution in [0.3, 0.4) is 0 Å². The van der Waals surface area contributed by atoms with Crippen LogP contribution in [0, 0.1) is 0 Å². The van der Waals surface area contributed by atoms with Gasteiger partial charge in [0, 0.05) is 6.04 Å². The largest absolute Gasteiger partial charge is 0.495 e. The first kappa shape index (κ1) is 16.4. The van der Waals surface area contributed by atoms with Crippen molar-refractivity contribution >= 4 is 17.7 Å². The summed E-state index contributed by atoms with van der Waals surface area (Å²) in [5.74, 6) is 0.706. The fourth-order valence-electron chi connectivity index (χ4n) is 1.91. The van der Waals surface area contributed by atoms with Crippen LogP contribution in [0.2, 0.25) is 0 Å². The predicted molar refractivity (Wildman–Crippen MR) is 86.5 cm³/mol. The van der Waals surface area contributed by atoms with Gasteiger partial charge in [-0.1, -0.05) is 23.9 Å². The highest BCUT2D eigenvalue weighted by atomic mass is 32.2. The number of carbonyl (C=O) groups is 1. The first-order valence-corrected chi connectivity index (χ1v) is 7.91. The zero-order valence-electron chi connectivity index (χ0n) is 13.1. The molecular weight excluding hydrogens is 300 g/mol. The first-order valence-electron chi connectivity index (χ1n) is 7.03. The van der Waals surface area contributed by atoms with E-state index in [0.29, 0.717) is 5.16 Å². The molecule has 1 heterocycles. The van der Waals surface area contributed by atoms with Crippen molar-refractivity contribution in [3.8, 4) is 11.4 Å². The van der Waals surface area contributed by atoms with Crippen molar-refractivity contribution in [3.05, 3.63) is 30.6 Å². The molecule has 0 aliphatic rings. The van der Waals surface area contributed by atoms with Gasteiger partial charge in [-0.2, -0.15) is 0 Å². The zero-order valence-corrected chi connectivity index (χ0v) is 13.9. The number of thioether (sulfide) groups is 1. The van der Waals surface area contributed by atoms with E-state index in [1.54, 1.807) is 13.4 Å². The third-order valence-corrected chi connectivity index (χ3v) is 4.00. The SMILES string of the molecule is COc1ccccc1-n1cnnc1S[C@@H](C)C(=O)NC(C)C. The lowest BCUT2D eigenvalue weighted by Gasteiger charge is -2.15. The third kappa shape index (κ3) is 3.79. The first-order chi connectivity index (χ1) is 10.5. The van der Waals surface area contributed by atoms with Gasteiger partial charge in [-0.05, 0) is 32.9 Å². The number of nitrogens with one attached hydrogen (secondary N) is 1. The number of ether oxygens (including phenoxy) is 1. The average molecular weight is 320 g/mol. The van der Waals surface area contributed by atoms with E-state index in [1.807, 2.05) is 49.6 Å². The van der Waals surface area contributed by atoms with E-state index >= 15 is 0 Å². The van der Waals surface area contributed by atoms with Crippen molar-refractivity contribution in [1.29, 1.82) is 0 Å². The molecule has 0 unspecified atom stereocenters. The minimum absolute atomic E-state index is 0.0189. The van der Waals surface area contributed by atoms with E-state index in [1.165, 1.54) is 11.8 Å². The number of hydrogen-bond acceptors (Lipinski definition) is 5. The number of carbonyl (C=O) groups excluding carboxylic acids is 1. The minimum Gasteiger partial charge on any atom is -0.495 e. The van der Waals surface area contributed by atoms with Crippen molar-refractivity contribution in [2.75, 3.05) is 7.11 Å². The molecule has 0 spiro atoms. The lowest BCUT2D eigenvalue weighted by atomic mass is 10.3. The number of benzene rings is 1. The molecule has 0 fully saturated rings. The fraction of sp³-hybridized carbons (Fsp3) is 0.400. The molecule has 0 aliphatic heterocycles. The van der Waals surface area contributed by atoms with Crippen LogP contribution in [-0.2, 0) is 4.79 Å². The molecule has 1 aromatic heterocycles. The Balaban J connectivity index is 2.21. The zero-order chi connectivity index (χ0) is 16.1. The maximum absolute atomic E-state index is 12.0. The minimum atomic E-state index is -0.264. The molecule has 118 valence electrons. The second-order valence-electron chi connectivity index (χ2n) is 5.08. The summed E-state index contributed by atoms with van der Waals surface area (Å²) in [6.45, 7) is 5.73. The van der Waals surface area contributed by atoms with Crippen molar-refractivity contribution in [3.63, 3.8) is 0 Å². The van der Waals surface area contributed by atoms with Crippen molar-refractivity contribution in [1.82, 2.24) is 20.1 Å². The number of rotatable bonds is 6. The molecule has 1 aromatic carbocycles. The highest BCUT2D eigenvalue weighted by Gasteiger charge is 2.19. The average Bonchev–Trinajstić information content (AvgIpc) is 2.94. The molecule has 0 bridgehead atoms. The Bertz CT molecular complexity index is 642. The summed E-state index contributed by atoms with van der Waals surface area (Å²) in [4.78, 5) is 12.0. The Morgan fingerprint density at radius 3 is 2.73 bits per heavy atom. The second-order valence-corrected chi connectivity index (χ2v) is 6.39. The summed E-state index contributed by atoms with van der Waals surface area (Å²) < 4.78 is 7.19. The molecule has 6 nitrogen and oxygen atoms in total. The molecule has 22 heavy (non-hydrogen) atoms. The predicted octanol–water partition coefficient (Wildman–Crippen LogP) is 2.28. The normalized spacial score (nSPS) is 12.2. The summed E-state index contributed by atoms with van der Waals surface area (Å²) in [5.41, 5.74) is 0.842. The lowest BCUT2D eigenvalue weighted by molar-refractivity contribution is -0.120. The highest BCUT2D eigenvalue weighted by molar-refractivity contribution is 8.00. The van der Waals surface area contributed by atoms with Gasteiger partial charge < -0.3 is 10.1 Å². The Morgan fingerprint density at radius 2 is 2.05 bits per heavy atom. The molecule has 1 atom stereocenters. The van der Waals surface area contributed by atoms with Crippen LogP contribution in [0.1, 0.15) is 20.8 Å². The van der Waals surface area contributed by atoms with Gasteiger partial charge in [0.1, 0.15) is 12.1 Å². The van der Waals surface area contributed by atoms with Gasteiger partial charge >= 0.3 is 0 Å². The number of hydrogen-bond donors (Lipinski definition) is 1. The van der Waals surface area contributed by atoms with E-state index in [-0.39, 0.29) is 17.2 Å². The molecule has 2 aromatic rings. The molecule has 0 saturated heterocycles. The van der Waals surface area contributed by atoms with Crippen LogP contribution < -0.4 is 10.1 Å². The van der Waals surface area contributed by atoms with Crippen molar-refractivity contribution in [2.45, 2.75) is 37.2 Å². The molecular formula is C15H20N4O2S. The quantitative estimate of drug-likeness (QED) is 0.827. The summed E-state index contributed by atoms with van der Waals surface area (Å²) in [6.07, 6.45) is 1.62. The van der Waals surface area contributed by atoms with Crippen LogP contribution in [0.4, 0.5) is 0 Å². The van der Waals surface area contributed by atoms with Crippen LogP contribution in [0.25, 0.3) is 5.69 Å². The van der Waals surface area contributed by atoms with Crippen molar-refractivity contribution in [2.24, 2.45) is 0 Å². The number of amides is 1. The Hall–Kier alpha value is -2.02. The van der Waals surface area contributed by atoms with Crippen LogP contribution in [0.15, 0.2) is 35.7 Å². The maximum atomic E-state index is 12.0. The number of aromatic nitrogens is 3. The maximum Gasteiger partial charge on any atom is 0.233 e. The van der Waals surface area contributed by atoms with Gasteiger partial charge in [-0.15, -0.1) is 10.2 Å². The molecule has 7 heteroatoms. The summed E-state index contributed by atoms with van der Waals surface area (Å²) in [7, 11) is 1.62. The number of nitrogens with zero attached hydrogens (tertiary/aromatic N) is 3. The molecule has 1 N–H and O–H groups in total. The molecule has 0 radical (unpaired) electrons. The van der Waals surface area contributed by atoms with Crippen LogP contribution in [0.5, 0.6) is 5.75 Å². The standard InChI is InChI=1S/C15H20N4O2S/c1-10(2)17-14(20)11(3)22-15-18-16-9-19(15)12-7-5-6-8-13(12)21-4/h5-11H,1-4H3,(H,17,20)/t11-/m0/s1. The number of methoxy groups -OCH3 is 1. The van der Waals surface area contributed by atoms with Crippen LogP contribution in [-0.4, -0.2) is 39.1 Å². The van der Waals surface area contributed by atoms with Crippen LogP contribution >= 0.6 is 11.8 Å². The highest BCUT2D eigenvalue weighted by Crippen LogP contribution is 2.28. The Morgan fingerprint density at radius 1 is 1.32 bits per heavy atom. The smallest absolute Gasteiger partial charge is 0.233 e. The fourth-order valence-corrected chi connectivity index (χ4v) is 2.76. The van der Waals surface area contributed by atoms with Gasteiger partial charge in [0.15, 0.2) is 5.16 Å². The Labute approximate surface area is 134 Å². The van der Waals surface area contributed by atoms with Gasteiger partial charge in [0.05, 0.1) is 18.0 Å². The van der Waals surface area contributed by atoms with Crippen molar-refractivity contribution < 1.29 is 9.53 Å². The monoisotopic (exact) mass is 320 g/mol. The van der Waals surface area contributed by atoms with Gasteiger partial charge in [-0.3, -0.25) is 9.36 Å². The molecule has 0 saturated carbocycles. The van der Waals surface area contributed by atoms with Gasteiger partial charge in [0.2, 0.25) is 5.91 Å². The summed E-state index contributed by atoms with van der Waals surface area (Å²) in [6, 6.07) is 7.73. The molecule has 0 aliphatic carbocycles. The molecule has 1 amide bonds. The van der Waals surface area contributed by atoms with Gasteiger partial charge in [-0.25, -0.2) is 0 Å². The van der Waals surface area contributed by atoms with E-state index < -0.39 is 0 Å².